The van der Waals surface area contributed by atoms with Crippen LogP contribution in [-0.2, 0) is 4.79 Å². The zero-order valence-electron chi connectivity index (χ0n) is 14.9. The summed E-state index contributed by atoms with van der Waals surface area (Å²) < 4.78 is 0. The second kappa shape index (κ2) is 7.61. The SMILES string of the molecule is CC(C)(C)CC(N=Cc1ccccc1)C(=O)NC1(C#N)CCCC1. The topological polar surface area (TPSA) is 65.2 Å². The first-order chi connectivity index (χ1) is 11.3. The van der Waals surface area contributed by atoms with E-state index < -0.39 is 11.6 Å². The number of nitrogens with zero attached hydrogens (tertiary/aromatic N) is 2. The smallest absolute Gasteiger partial charge is 0.246 e. The second-order valence-corrected chi connectivity index (χ2v) is 7.86. The van der Waals surface area contributed by atoms with E-state index in [1.807, 2.05) is 30.3 Å². The number of rotatable bonds is 5. The van der Waals surface area contributed by atoms with Crippen LogP contribution in [0.1, 0.15) is 58.4 Å². The van der Waals surface area contributed by atoms with Crippen molar-refractivity contribution in [3.63, 3.8) is 0 Å². The Labute approximate surface area is 145 Å². The predicted molar refractivity (Wildman–Crippen MR) is 96.9 cm³/mol. The Morgan fingerprint density at radius 3 is 2.50 bits per heavy atom. The van der Waals surface area contributed by atoms with Crippen LogP contribution in [0, 0.1) is 16.7 Å². The fourth-order valence-electron chi connectivity index (χ4n) is 3.07. The van der Waals surface area contributed by atoms with Crippen LogP contribution in [0.4, 0.5) is 0 Å². The Morgan fingerprint density at radius 1 is 1.33 bits per heavy atom. The zero-order chi connectivity index (χ0) is 17.6. The summed E-state index contributed by atoms with van der Waals surface area (Å²) in [5.41, 5.74) is 0.251. The lowest BCUT2D eigenvalue weighted by Crippen LogP contribution is -2.49. The summed E-state index contributed by atoms with van der Waals surface area (Å²) in [6.45, 7) is 6.29. The molecule has 1 amide bonds. The number of nitriles is 1. The molecule has 24 heavy (non-hydrogen) atoms. The summed E-state index contributed by atoms with van der Waals surface area (Å²) in [5, 5.41) is 12.5. The van der Waals surface area contributed by atoms with E-state index in [1.54, 1.807) is 6.21 Å². The first kappa shape index (κ1) is 18.2. The first-order valence-corrected chi connectivity index (χ1v) is 8.65. The van der Waals surface area contributed by atoms with Gasteiger partial charge in [0.05, 0.1) is 6.07 Å². The van der Waals surface area contributed by atoms with E-state index in [4.69, 9.17) is 0 Å². The summed E-state index contributed by atoms with van der Waals surface area (Å²) in [6.07, 6.45) is 5.85. The standard InChI is InChI=1S/C20H27N3O/c1-19(2,3)13-17(22-14-16-9-5-4-6-10-16)18(24)23-20(15-21)11-7-8-12-20/h4-6,9-10,14,17H,7-8,11-13H2,1-3H3,(H,23,24). The van der Waals surface area contributed by atoms with Gasteiger partial charge in [-0.25, -0.2) is 0 Å². The van der Waals surface area contributed by atoms with E-state index in [-0.39, 0.29) is 11.3 Å². The van der Waals surface area contributed by atoms with Gasteiger partial charge < -0.3 is 5.32 Å². The zero-order valence-corrected chi connectivity index (χ0v) is 14.9. The average molecular weight is 325 g/mol. The minimum atomic E-state index is -0.699. The van der Waals surface area contributed by atoms with Crippen LogP contribution in [0.2, 0.25) is 0 Å². The second-order valence-electron chi connectivity index (χ2n) is 7.86. The maximum absolute atomic E-state index is 12.8. The number of nitrogens with one attached hydrogen (secondary N) is 1. The van der Waals surface area contributed by atoms with Crippen LogP contribution >= 0.6 is 0 Å². The van der Waals surface area contributed by atoms with Crippen molar-refractivity contribution >= 4 is 12.1 Å². The molecule has 1 aliphatic rings. The highest BCUT2D eigenvalue weighted by Crippen LogP contribution is 2.30. The van der Waals surface area contributed by atoms with E-state index in [0.717, 1.165) is 31.2 Å². The molecule has 1 fully saturated rings. The highest BCUT2D eigenvalue weighted by Gasteiger charge is 2.37. The summed E-state index contributed by atoms with van der Waals surface area (Å²) in [5.74, 6) is -0.138. The number of hydrogen-bond acceptors (Lipinski definition) is 3. The number of hydrogen-bond donors (Lipinski definition) is 1. The van der Waals surface area contributed by atoms with Gasteiger partial charge in [0.2, 0.25) is 5.91 Å². The summed E-state index contributed by atoms with van der Waals surface area (Å²) in [4.78, 5) is 17.3. The molecule has 4 heteroatoms. The predicted octanol–water partition coefficient (Wildman–Crippen LogP) is 3.86. The molecule has 0 spiro atoms. The van der Waals surface area contributed by atoms with Crippen molar-refractivity contribution in [1.82, 2.24) is 5.32 Å². The van der Waals surface area contributed by atoms with Crippen LogP contribution in [0.3, 0.4) is 0 Å². The molecule has 1 aliphatic carbocycles. The van der Waals surface area contributed by atoms with Crippen molar-refractivity contribution in [1.29, 1.82) is 5.26 Å². The number of carbonyl (C=O) groups excluding carboxylic acids is 1. The third-order valence-corrected chi connectivity index (χ3v) is 4.35. The highest BCUT2D eigenvalue weighted by atomic mass is 16.2. The van der Waals surface area contributed by atoms with E-state index in [9.17, 15) is 10.1 Å². The molecule has 0 aliphatic heterocycles. The Morgan fingerprint density at radius 2 is 1.96 bits per heavy atom. The highest BCUT2D eigenvalue weighted by molar-refractivity contribution is 5.87. The normalized spacial score (nSPS) is 18.2. The molecule has 0 aromatic heterocycles. The fourth-order valence-corrected chi connectivity index (χ4v) is 3.07. The molecule has 2 rings (SSSR count). The first-order valence-electron chi connectivity index (χ1n) is 8.65. The molecular weight excluding hydrogens is 298 g/mol. The molecule has 4 nitrogen and oxygen atoms in total. The molecule has 0 saturated heterocycles. The van der Waals surface area contributed by atoms with Gasteiger partial charge in [-0.05, 0) is 43.1 Å². The van der Waals surface area contributed by atoms with Gasteiger partial charge in [-0.1, -0.05) is 51.1 Å². The van der Waals surface area contributed by atoms with Gasteiger partial charge in [-0.3, -0.25) is 9.79 Å². The fraction of sp³-hybridized carbons (Fsp3) is 0.550. The quantitative estimate of drug-likeness (QED) is 0.835. The average Bonchev–Trinajstić information content (AvgIpc) is 3.00. The van der Waals surface area contributed by atoms with Gasteiger partial charge in [0.15, 0.2) is 0 Å². The number of aliphatic imine (C=N–C) groups is 1. The lowest BCUT2D eigenvalue weighted by atomic mass is 9.87. The molecule has 0 radical (unpaired) electrons. The molecule has 1 atom stereocenters. The van der Waals surface area contributed by atoms with Gasteiger partial charge in [-0.15, -0.1) is 0 Å². The van der Waals surface area contributed by atoms with Gasteiger partial charge in [0, 0.05) is 6.21 Å². The van der Waals surface area contributed by atoms with Gasteiger partial charge in [0.25, 0.3) is 0 Å². The summed E-state index contributed by atoms with van der Waals surface area (Å²) in [7, 11) is 0. The van der Waals surface area contributed by atoms with Crippen molar-refractivity contribution in [3.05, 3.63) is 35.9 Å². The van der Waals surface area contributed by atoms with Crippen LogP contribution in [0.25, 0.3) is 0 Å². The van der Waals surface area contributed by atoms with Crippen LogP contribution < -0.4 is 5.32 Å². The van der Waals surface area contributed by atoms with Crippen LogP contribution in [-0.4, -0.2) is 23.7 Å². The molecule has 1 N–H and O–H groups in total. The maximum atomic E-state index is 12.8. The molecule has 1 aromatic carbocycles. The van der Waals surface area contributed by atoms with E-state index in [1.165, 1.54) is 0 Å². The Hall–Kier alpha value is -2.15. The minimum absolute atomic E-state index is 0.0223. The molecule has 0 bridgehead atoms. The summed E-state index contributed by atoms with van der Waals surface area (Å²) >= 11 is 0. The third kappa shape index (κ3) is 5.19. The molecule has 1 aromatic rings. The van der Waals surface area contributed by atoms with Crippen molar-refractivity contribution in [2.75, 3.05) is 0 Å². The van der Waals surface area contributed by atoms with E-state index in [2.05, 4.69) is 37.1 Å². The van der Waals surface area contributed by atoms with Crippen LogP contribution in [0.5, 0.6) is 0 Å². The molecule has 0 heterocycles. The molecule has 1 unspecified atom stereocenters. The van der Waals surface area contributed by atoms with Crippen LogP contribution in [0.15, 0.2) is 35.3 Å². The number of carbonyl (C=O) groups is 1. The largest absolute Gasteiger partial charge is 0.336 e. The van der Waals surface area contributed by atoms with Gasteiger partial charge >= 0.3 is 0 Å². The maximum Gasteiger partial charge on any atom is 0.246 e. The lowest BCUT2D eigenvalue weighted by Gasteiger charge is -2.27. The van der Waals surface area contributed by atoms with Crippen molar-refractivity contribution in [3.8, 4) is 6.07 Å². The molecule has 128 valence electrons. The van der Waals surface area contributed by atoms with Crippen molar-refractivity contribution in [2.45, 2.75) is 64.5 Å². The van der Waals surface area contributed by atoms with Crippen molar-refractivity contribution in [2.24, 2.45) is 10.4 Å². The van der Waals surface area contributed by atoms with Gasteiger partial charge in [0.1, 0.15) is 11.6 Å². The molecular formula is C20H27N3O. The minimum Gasteiger partial charge on any atom is -0.336 e. The number of benzene rings is 1. The summed E-state index contributed by atoms with van der Waals surface area (Å²) in [6, 6.07) is 11.6. The van der Waals surface area contributed by atoms with Gasteiger partial charge in [-0.2, -0.15) is 5.26 Å². The monoisotopic (exact) mass is 325 g/mol. The Bertz CT molecular complexity index is 617. The Balaban J connectivity index is 2.14. The van der Waals surface area contributed by atoms with E-state index >= 15 is 0 Å². The third-order valence-electron chi connectivity index (χ3n) is 4.35. The Kier molecular flexibility index (Phi) is 5.77. The van der Waals surface area contributed by atoms with Crippen molar-refractivity contribution < 1.29 is 4.79 Å². The van der Waals surface area contributed by atoms with E-state index in [0.29, 0.717) is 6.42 Å². The number of amides is 1. The molecule has 1 saturated carbocycles. The lowest BCUT2D eigenvalue weighted by molar-refractivity contribution is -0.124.